The quantitative estimate of drug-likeness (QED) is 0.341. The Morgan fingerprint density at radius 1 is 1.00 bits per heavy atom. The molecule has 3 aromatic carbocycles. The second kappa shape index (κ2) is 11.1. The van der Waals surface area contributed by atoms with E-state index in [1.54, 1.807) is 12.1 Å². The van der Waals surface area contributed by atoms with Crippen LogP contribution in [0.25, 0.3) is 11.1 Å². The third kappa shape index (κ3) is 6.68. The van der Waals surface area contributed by atoms with Gasteiger partial charge in [-0.2, -0.15) is 13.2 Å². The molecule has 0 saturated carbocycles. The lowest BCUT2D eigenvalue weighted by atomic mass is 10.0. The number of carbonyl (C=O) groups is 2. The van der Waals surface area contributed by atoms with Crippen LogP contribution in [0.1, 0.15) is 18.4 Å². The Bertz CT molecular complexity index is 1520. The largest absolute Gasteiger partial charge is 0.416 e. The van der Waals surface area contributed by atoms with Gasteiger partial charge in [0, 0.05) is 17.8 Å². The number of carbonyl (C=O) groups excluding carboxylic acids is 2. The van der Waals surface area contributed by atoms with Crippen LogP contribution in [0.5, 0.6) is 0 Å². The molecule has 3 amide bonds. The molecule has 0 bridgehead atoms. The summed E-state index contributed by atoms with van der Waals surface area (Å²) >= 11 is 0. The van der Waals surface area contributed by atoms with E-state index >= 15 is 8.78 Å². The molecule has 3 N–H and O–H groups in total. The van der Waals surface area contributed by atoms with Crippen molar-refractivity contribution in [3.63, 3.8) is 0 Å². The molecule has 0 radical (unpaired) electrons. The molecule has 40 heavy (non-hydrogen) atoms. The van der Waals surface area contributed by atoms with E-state index in [4.69, 9.17) is 0 Å². The number of alkyl halides is 3. The SMILES string of the molecule is CS(=O)(=O)Nc1ccccc1-c1cc(F)c(N2CCC[C@@H](NC(=O)Nc3ccc(C(F)(F)F)cc3)C2=O)c(F)c1. The molecule has 1 aliphatic heterocycles. The summed E-state index contributed by atoms with van der Waals surface area (Å²) in [5, 5.41) is 4.72. The van der Waals surface area contributed by atoms with Gasteiger partial charge >= 0.3 is 12.2 Å². The molecule has 1 saturated heterocycles. The maximum atomic E-state index is 15.3. The van der Waals surface area contributed by atoms with Gasteiger partial charge in [-0.25, -0.2) is 22.0 Å². The number of hydrogen-bond donors (Lipinski definition) is 3. The van der Waals surface area contributed by atoms with Crippen LogP contribution in [0, 0.1) is 11.6 Å². The van der Waals surface area contributed by atoms with Crippen molar-refractivity contribution in [3.8, 4) is 11.1 Å². The van der Waals surface area contributed by atoms with Gasteiger partial charge in [0.1, 0.15) is 11.7 Å². The Balaban J connectivity index is 1.51. The number of nitrogens with zero attached hydrogens (tertiary/aromatic N) is 1. The number of sulfonamides is 1. The lowest BCUT2D eigenvalue weighted by molar-refractivity contribution is -0.137. The molecule has 0 aromatic heterocycles. The predicted molar refractivity (Wildman–Crippen MR) is 139 cm³/mol. The molecule has 4 rings (SSSR count). The average molecular weight is 583 g/mol. The fourth-order valence-electron chi connectivity index (χ4n) is 4.30. The number of amides is 3. The lowest BCUT2D eigenvalue weighted by Crippen LogP contribution is -2.53. The fraction of sp³-hybridized carbons (Fsp3) is 0.231. The van der Waals surface area contributed by atoms with Gasteiger partial charge in [0.2, 0.25) is 15.9 Å². The number of urea groups is 1. The molecular formula is C26H23F5N4O4S. The van der Waals surface area contributed by atoms with Gasteiger partial charge in [-0.05, 0) is 60.9 Å². The van der Waals surface area contributed by atoms with Crippen LogP contribution >= 0.6 is 0 Å². The maximum Gasteiger partial charge on any atom is 0.416 e. The summed E-state index contributed by atoms with van der Waals surface area (Å²) in [7, 11) is -3.68. The van der Waals surface area contributed by atoms with E-state index in [1.165, 1.54) is 12.1 Å². The Morgan fingerprint density at radius 2 is 1.62 bits per heavy atom. The highest BCUT2D eigenvalue weighted by Gasteiger charge is 2.34. The minimum atomic E-state index is -4.54. The number of piperidine rings is 1. The average Bonchev–Trinajstić information content (AvgIpc) is 2.85. The summed E-state index contributed by atoms with van der Waals surface area (Å²) in [5.41, 5.74) is -1.14. The highest BCUT2D eigenvalue weighted by Crippen LogP contribution is 2.35. The summed E-state index contributed by atoms with van der Waals surface area (Å²) < 4.78 is 94.4. The molecule has 14 heteroatoms. The number of halogens is 5. The second-order valence-corrected chi connectivity index (χ2v) is 10.8. The maximum absolute atomic E-state index is 15.3. The first-order chi connectivity index (χ1) is 18.7. The number of anilines is 3. The number of hydrogen-bond acceptors (Lipinski definition) is 4. The summed E-state index contributed by atoms with van der Waals surface area (Å²) in [6.45, 7) is -0.0308. The molecule has 1 heterocycles. The molecule has 0 spiro atoms. The number of para-hydroxylation sites is 1. The minimum Gasteiger partial charge on any atom is -0.326 e. The highest BCUT2D eigenvalue weighted by molar-refractivity contribution is 7.92. The Hall–Kier alpha value is -4.20. The van der Waals surface area contributed by atoms with Crippen LogP contribution in [0.3, 0.4) is 0 Å². The van der Waals surface area contributed by atoms with E-state index in [0.717, 1.165) is 47.6 Å². The third-order valence-corrected chi connectivity index (χ3v) is 6.63. The minimum absolute atomic E-state index is 0.0283. The van der Waals surface area contributed by atoms with Gasteiger partial charge < -0.3 is 15.5 Å². The summed E-state index contributed by atoms with van der Waals surface area (Å²) in [6.07, 6.45) is -3.15. The van der Waals surface area contributed by atoms with Crippen molar-refractivity contribution in [1.29, 1.82) is 0 Å². The summed E-state index contributed by atoms with van der Waals surface area (Å²) in [4.78, 5) is 26.4. The standard InChI is InChI=1S/C26H23F5N4O4S/c1-40(38,39)34-21-6-3-2-5-18(21)15-13-19(27)23(20(28)14-15)35-12-4-7-22(24(35)36)33-25(37)32-17-10-8-16(9-11-17)26(29,30)31/h2-3,5-6,8-11,13-14,22,34H,4,7,12H2,1H3,(H2,32,33,37)/t22-/m1/s1. The Morgan fingerprint density at radius 3 is 2.23 bits per heavy atom. The molecule has 212 valence electrons. The highest BCUT2D eigenvalue weighted by atomic mass is 32.2. The number of nitrogens with one attached hydrogen (secondary N) is 3. The second-order valence-electron chi connectivity index (χ2n) is 9.07. The Kier molecular flexibility index (Phi) is 8.00. The van der Waals surface area contributed by atoms with Crippen molar-refractivity contribution in [2.75, 3.05) is 27.7 Å². The lowest BCUT2D eigenvalue weighted by Gasteiger charge is -2.33. The summed E-state index contributed by atoms with van der Waals surface area (Å²) in [5.74, 6) is -2.93. The molecule has 8 nitrogen and oxygen atoms in total. The van der Waals surface area contributed by atoms with Crippen molar-refractivity contribution in [3.05, 3.63) is 77.9 Å². The van der Waals surface area contributed by atoms with Crippen molar-refractivity contribution in [2.45, 2.75) is 25.1 Å². The van der Waals surface area contributed by atoms with Gasteiger partial charge in [-0.1, -0.05) is 18.2 Å². The van der Waals surface area contributed by atoms with E-state index in [0.29, 0.717) is 6.42 Å². The van der Waals surface area contributed by atoms with Crippen molar-refractivity contribution in [1.82, 2.24) is 5.32 Å². The van der Waals surface area contributed by atoms with Crippen molar-refractivity contribution >= 4 is 39.0 Å². The topological polar surface area (TPSA) is 108 Å². The van der Waals surface area contributed by atoms with Crippen LogP contribution in [0.15, 0.2) is 60.7 Å². The van der Waals surface area contributed by atoms with E-state index in [-0.39, 0.29) is 35.5 Å². The van der Waals surface area contributed by atoms with Gasteiger partial charge in [-0.15, -0.1) is 0 Å². The number of rotatable bonds is 6. The van der Waals surface area contributed by atoms with Gasteiger partial charge in [0.15, 0.2) is 11.6 Å². The zero-order valence-electron chi connectivity index (χ0n) is 20.9. The molecule has 0 unspecified atom stereocenters. The predicted octanol–water partition coefficient (Wildman–Crippen LogP) is 5.34. The molecule has 1 fully saturated rings. The van der Waals surface area contributed by atoms with E-state index in [1.807, 2.05) is 0 Å². The van der Waals surface area contributed by atoms with Crippen LogP contribution in [-0.2, 0) is 21.0 Å². The third-order valence-electron chi connectivity index (χ3n) is 6.03. The number of benzene rings is 3. The molecule has 0 aliphatic carbocycles. The molecular weight excluding hydrogens is 559 g/mol. The van der Waals surface area contributed by atoms with E-state index in [9.17, 15) is 31.2 Å². The monoisotopic (exact) mass is 582 g/mol. The van der Waals surface area contributed by atoms with Crippen molar-refractivity contribution < 1.29 is 40.0 Å². The van der Waals surface area contributed by atoms with Crippen LogP contribution in [-0.4, -0.2) is 39.2 Å². The van der Waals surface area contributed by atoms with Gasteiger partial charge in [-0.3, -0.25) is 9.52 Å². The summed E-state index contributed by atoms with van der Waals surface area (Å²) in [6, 6.07) is 9.60. The van der Waals surface area contributed by atoms with Crippen LogP contribution in [0.4, 0.5) is 43.8 Å². The molecule has 1 atom stereocenters. The van der Waals surface area contributed by atoms with Crippen molar-refractivity contribution in [2.24, 2.45) is 0 Å². The smallest absolute Gasteiger partial charge is 0.326 e. The Labute approximate surface area is 226 Å². The van der Waals surface area contributed by atoms with Gasteiger partial charge in [0.25, 0.3) is 0 Å². The van der Waals surface area contributed by atoms with Gasteiger partial charge in [0.05, 0.1) is 17.5 Å². The fourth-order valence-corrected chi connectivity index (χ4v) is 4.88. The zero-order valence-corrected chi connectivity index (χ0v) is 21.7. The van der Waals surface area contributed by atoms with E-state index < -0.39 is 57.1 Å². The van der Waals surface area contributed by atoms with E-state index in [2.05, 4.69) is 15.4 Å². The molecule has 1 aliphatic rings. The molecule has 3 aromatic rings. The normalized spacial score (nSPS) is 16.0. The van der Waals surface area contributed by atoms with Crippen LogP contribution < -0.4 is 20.3 Å². The first kappa shape index (κ1) is 28.8. The van der Waals surface area contributed by atoms with Crippen LogP contribution in [0.2, 0.25) is 0 Å². The first-order valence-electron chi connectivity index (χ1n) is 11.9. The first-order valence-corrected chi connectivity index (χ1v) is 13.7. The zero-order chi connectivity index (χ0) is 29.2.